The van der Waals surface area contributed by atoms with E-state index in [4.69, 9.17) is 11.2 Å². The highest BCUT2D eigenvalue weighted by Crippen LogP contribution is 2.00. The molecule has 0 spiro atoms. The smallest absolute Gasteiger partial charge is 0.239 e. The molecular weight excluding hydrogens is 180 g/mol. The summed E-state index contributed by atoms with van der Waals surface area (Å²) in [6.07, 6.45) is 5.10. The van der Waals surface area contributed by atoms with E-state index in [2.05, 4.69) is 11.2 Å². The van der Waals surface area contributed by atoms with Gasteiger partial charge in [-0.25, -0.2) is 0 Å². The highest BCUT2D eigenvalue weighted by molar-refractivity contribution is 5.81. The fraction of sp³-hybridized carbons (Fsp3) is 0.700. The molecule has 14 heavy (non-hydrogen) atoms. The van der Waals surface area contributed by atoms with Crippen molar-refractivity contribution in [1.29, 1.82) is 0 Å². The molecule has 1 atom stereocenters. The minimum absolute atomic E-state index is 0.101. The fourth-order valence-corrected chi connectivity index (χ4v) is 1.36. The zero-order valence-corrected chi connectivity index (χ0v) is 8.45. The van der Waals surface area contributed by atoms with Gasteiger partial charge in [-0.2, -0.15) is 0 Å². The SMILES string of the molecule is C#CCNC(C)C(=O)N1CCOCC1. The minimum Gasteiger partial charge on any atom is -0.378 e. The summed E-state index contributed by atoms with van der Waals surface area (Å²) in [5.74, 6) is 2.55. The number of carbonyl (C=O) groups is 1. The zero-order valence-electron chi connectivity index (χ0n) is 8.45. The van der Waals surface area contributed by atoms with Crippen LogP contribution in [0.2, 0.25) is 0 Å². The molecule has 0 aromatic rings. The van der Waals surface area contributed by atoms with Crippen LogP contribution in [0.4, 0.5) is 0 Å². The highest BCUT2D eigenvalue weighted by atomic mass is 16.5. The predicted octanol–water partition coefficient (Wildman–Crippen LogP) is -0.543. The van der Waals surface area contributed by atoms with E-state index < -0.39 is 0 Å². The molecule has 0 saturated carbocycles. The normalized spacial score (nSPS) is 18.7. The Morgan fingerprint density at radius 3 is 2.86 bits per heavy atom. The van der Waals surface area contributed by atoms with Crippen LogP contribution in [0.1, 0.15) is 6.92 Å². The average molecular weight is 196 g/mol. The summed E-state index contributed by atoms with van der Waals surface area (Å²) in [4.78, 5) is 13.5. The van der Waals surface area contributed by atoms with Crippen LogP contribution in [-0.4, -0.2) is 49.7 Å². The number of ether oxygens (including phenoxy) is 1. The van der Waals surface area contributed by atoms with Crippen LogP contribution >= 0.6 is 0 Å². The number of amides is 1. The Balaban J connectivity index is 2.35. The maximum absolute atomic E-state index is 11.7. The molecule has 4 heteroatoms. The van der Waals surface area contributed by atoms with Crippen LogP contribution in [0.25, 0.3) is 0 Å². The lowest BCUT2D eigenvalue weighted by atomic mass is 10.2. The molecule has 1 rings (SSSR count). The van der Waals surface area contributed by atoms with Gasteiger partial charge < -0.3 is 9.64 Å². The van der Waals surface area contributed by atoms with Crippen molar-refractivity contribution in [3.63, 3.8) is 0 Å². The number of rotatable bonds is 3. The Hall–Kier alpha value is -1.05. The second-order valence-electron chi connectivity index (χ2n) is 3.24. The molecule has 78 valence electrons. The highest BCUT2D eigenvalue weighted by Gasteiger charge is 2.21. The second kappa shape index (κ2) is 5.63. The van der Waals surface area contributed by atoms with E-state index >= 15 is 0 Å². The lowest BCUT2D eigenvalue weighted by Crippen LogP contribution is -2.49. The number of terminal acetylenes is 1. The van der Waals surface area contributed by atoms with Gasteiger partial charge in [0, 0.05) is 13.1 Å². The molecule has 1 fully saturated rings. The van der Waals surface area contributed by atoms with Gasteiger partial charge in [-0.1, -0.05) is 5.92 Å². The molecule has 0 aromatic carbocycles. The molecule has 1 heterocycles. The number of hydrogen-bond acceptors (Lipinski definition) is 3. The van der Waals surface area contributed by atoms with Crippen LogP contribution in [0.5, 0.6) is 0 Å². The summed E-state index contributed by atoms with van der Waals surface area (Å²) < 4.78 is 5.16. The van der Waals surface area contributed by atoms with Crippen molar-refractivity contribution in [1.82, 2.24) is 10.2 Å². The van der Waals surface area contributed by atoms with E-state index in [1.807, 2.05) is 6.92 Å². The first-order valence-electron chi connectivity index (χ1n) is 4.79. The van der Waals surface area contributed by atoms with Crippen LogP contribution in [0.3, 0.4) is 0 Å². The summed E-state index contributed by atoms with van der Waals surface area (Å²) >= 11 is 0. The van der Waals surface area contributed by atoms with Crippen molar-refractivity contribution in [2.75, 3.05) is 32.8 Å². The molecular formula is C10H16N2O2. The third-order valence-electron chi connectivity index (χ3n) is 2.20. The lowest BCUT2D eigenvalue weighted by Gasteiger charge is -2.29. The number of nitrogens with one attached hydrogen (secondary N) is 1. The van der Waals surface area contributed by atoms with Crippen molar-refractivity contribution in [3.05, 3.63) is 0 Å². The topological polar surface area (TPSA) is 41.6 Å². The van der Waals surface area contributed by atoms with Gasteiger partial charge in [0.15, 0.2) is 0 Å². The quantitative estimate of drug-likeness (QED) is 0.616. The summed E-state index contributed by atoms with van der Waals surface area (Å²) in [5.41, 5.74) is 0. The molecule has 0 aliphatic carbocycles. The Labute approximate surface area is 84.6 Å². The van der Waals surface area contributed by atoms with Crippen LogP contribution < -0.4 is 5.32 Å². The van der Waals surface area contributed by atoms with Crippen molar-refractivity contribution in [3.8, 4) is 12.3 Å². The fourth-order valence-electron chi connectivity index (χ4n) is 1.36. The molecule has 0 bridgehead atoms. The van der Waals surface area contributed by atoms with Gasteiger partial charge in [-0.15, -0.1) is 6.42 Å². The van der Waals surface area contributed by atoms with Crippen molar-refractivity contribution in [2.24, 2.45) is 0 Å². The first-order valence-corrected chi connectivity index (χ1v) is 4.79. The number of morpholine rings is 1. The van der Waals surface area contributed by atoms with E-state index in [1.165, 1.54) is 0 Å². The van der Waals surface area contributed by atoms with Gasteiger partial charge in [-0.05, 0) is 6.92 Å². The van der Waals surface area contributed by atoms with Crippen LogP contribution in [-0.2, 0) is 9.53 Å². The van der Waals surface area contributed by atoms with E-state index in [-0.39, 0.29) is 11.9 Å². The monoisotopic (exact) mass is 196 g/mol. The Kier molecular flexibility index (Phi) is 4.44. The Morgan fingerprint density at radius 1 is 1.64 bits per heavy atom. The standard InChI is InChI=1S/C10H16N2O2/c1-3-4-11-9(2)10(13)12-5-7-14-8-6-12/h1,9,11H,4-8H2,2H3. The predicted molar refractivity (Wildman–Crippen MR) is 53.7 cm³/mol. The molecule has 0 radical (unpaired) electrons. The summed E-state index contributed by atoms with van der Waals surface area (Å²) in [7, 11) is 0. The lowest BCUT2D eigenvalue weighted by molar-refractivity contribution is -0.137. The van der Waals surface area contributed by atoms with Crippen molar-refractivity contribution >= 4 is 5.91 Å². The minimum atomic E-state index is -0.204. The third kappa shape index (κ3) is 3.02. The third-order valence-corrected chi connectivity index (χ3v) is 2.20. The number of hydrogen-bond donors (Lipinski definition) is 1. The molecule has 0 aromatic heterocycles. The van der Waals surface area contributed by atoms with E-state index in [0.29, 0.717) is 32.8 Å². The number of nitrogens with zero attached hydrogens (tertiary/aromatic N) is 1. The van der Waals surface area contributed by atoms with Crippen molar-refractivity contribution < 1.29 is 9.53 Å². The Morgan fingerprint density at radius 2 is 2.29 bits per heavy atom. The largest absolute Gasteiger partial charge is 0.378 e. The zero-order chi connectivity index (χ0) is 10.4. The summed E-state index contributed by atoms with van der Waals surface area (Å²) in [5, 5.41) is 2.96. The van der Waals surface area contributed by atoms with Gasteiger partial charge in [-0.3, -0.25) is 10.1 Å². The molecule has 1 aliphatic rings. The summed E-state index contributed by atoms with van der Waals surface area (Å²) in [6.45, 7) is 4.88. The Bertz CT molecular complexity index is 229. The molecule has 1 amide bonds. The van der Waals surface area contributed by atoms with Gasteiger partial charge >= 0.3 is 0 Å². The van der Waals surface area contributed by atoms with Gasteiger partial charge in [0.1, 0.15) is 0 Å². The molecule has 1 aliphatic heterocycles. The van der Waals surface area contributed by atoms with Gasteiger partial charge in [0.25, 0.3) is 0 Å². The maximum atomic E-state index is 11.7. The average Bonchev–Trinajstić information content (AvgIpc) is 2.26. The van der Waals surface area contributed by atoms with Crippen LogP contribution in [0.15, 0.2) is 0 Å². The first-order chi connectivity index (χ1) is 6.75. The maximum Gasteiger partial charge on any atom is 0.239 e. The van der Waals surface area contributed by atoms with Crippen LogP contribution in [0, 0.1) is 12.3 Å². The first kappa shape index (κ1) is 11.0. The summed E-state index contributed by atoms with van der Waals surface area (Å²) in [6, 6.07) is -0.204. The second-order valence-corrected chi connectivity index (χ2v) is 3.24. The molecule has 1 saturated heterocycles. The molecule has 1 N–H and O–H groups in total. The van der Waals surface area contributed by atoms with Gasteiger partial charge in [0.05, 0.1) is 25.8 Å². The van der Waals surface area contributed by atoms with E-state index in [1.54, 1.807) is 4.90 Å². The van der Waals surface area contributed by atoms with Gasteiger partial charge in [0.2, 0.25) is 5.91 Å². The van der Waals surface area contributed by atoms with E-state index in [9.17, 15) is 4.79 Å². The molecule has 4 nitrogen and oxygen atoms in total. The number of carbonyl (C=O) groups excluding carboxylic acids is 1. The van der Waals surface area contributed by atoms with E-state index in [0.717, 1.165) is 0 Å². The van der Waals surface area contributed by atoms with Crippen molar-refractivity contribution in [2.45, 2.75) is 13.0 Å². The molecule has 1 unspecified atom stereocenters.